The van der Waals surface area contributed by atoms with Crippen molar-refractivity contribution in [3.8, 4) is 5.75 Å². The molecule has 0 aromatic heterocycles. The number of hydrogen-bond donors (Lipinski definition) is 1. The van der Waals surface area contributed by atoms with E-state index in [0.29, 0.717) is 25.4 Å². The van der Waals surface area contributed by atoms with Crippen LogP contribution in [0.3, 0.4) is 0 Å². The van der Waals surface area contributed by atoms with Crippen molar-refractivity contribution in [2.75, 3.05) is 19.7 Å². The smallest absolute Gasteiger partial charge is 0.410 e. The number of rotatable bonds is 4. The average Bonchev–Trinajstić information content (AvgIpc) is 2.52. The van der Waals surface area contributed by atoms with Crippen molar-refractivity contribution in [3.05, 3.63) is 29.8 Å². The Labute approximate surface area is 142 Å². The van der Waals surface area contributed by atoms with Gasteiger partial charge in [-0.05, 0) is 51.8 Å². The lowest BCUT2D eigenvalue weighted by molar-refractivity contribution is 0.0139. The first kappa shape index (κ1) is 18.1. The SMILES string of the molecule is CC(C)(C)OC(=O)N1CCC[C@H](COc2cccc(C(=O)O)c2)C1. The molecule has 0 aliphatic carbocycles. The van der Waals surface area contributed by atoms with Crippen molar-refractivity contribution in [3.63, 3.8) is 0 Å². The molecule has 1 heterocycles. The van der Waals surface area contributed by atoms with E-state index in [-0.39, 0.29) is 17.6 Å². The number of carbonyl (C=O) groups excluding carboxylic acids is 1. The summed E-state index contributed by atoms with van der Waals surface area (Å²) in [6, 6.07) is 6.43. The Kier molecular flexibility index (Phi) is 5.70. The van der Waals surface area contributed by atoms with Gasteiger partial charge in [-0.2, -0.15) is 0 Å². The Balaban J connectivity index is 1.88. The van der Waals surface area contributed by atoms with Crippen LogP contribution in [0.25, 0.3) is 0 Å². The van der Waals surface area contributed by atoms with Crippen LogP contribution in [-0.4, -0.2) is 47.4 Å². The molecular weight excluding hydrogens is 310 g/mol. The van der Waals surface area contributed by atoms with Crippen LogP contribution in [0.1, 0.15) is 44.0 Å². The van der Waals surface area contributed by atoms with Crippen molar-refractivity contribution >= 4 is 12.1 Å². The molecule has 1 atom stereocenters. The van der Waals surface area contributed by atoms with Gasteiger partial charge >= 0.3 is 12.1 Å². The number of aromatic carboxylic acids is 1. The number of carbonyl (C=O) groups is 2. The topological polar surface area (TPSA) is 76.1 Å². The van der Waals surface area contributed by atoms with Crippen LogP contribution in [0.15, 0.2) is 24.3 Å². The number of carboxylic acids is 1. The van der Waals surface area contributed by atoms with E-state index >= 15 is 0 Å². The number of ether oxygens (including phenoxy) is 2. The molecule has 1 aromatic rings. The quantitative estimate of drug-likeness (QED) is 0.912. The van der Waals surface area contributed by atoms with Gasteiger partial charge in [0.25, 0.3) is 0 Å². The molecule has 1 N–H and O–H groups in total. The van der Waals surface area contributed by atoms with E-state index in [0.717, 1.165) is 12.8 Å². The van der Waals surface area contributed by atoms with E-state index in [1.165, 1.54) is 12.1 Å². The predicted octanol–water partition coefficient (Wildman–Crippen LogP) is 3.41. The van der Waals surface area contributed by atoms with Gasteiger partial charge in [-0.25, -0.2) is 9.59 Å². The fourth-order valence-electron chi connectivity index (χ4n) is 2.63. The summed E-state index contributed by atoms with van der Waals surface area (Å²) in [7, 11) is 0. The zero-order chi connectivity index (χ0) is 17.7. The average molecular weight is 335 g/mol. The largest absolute Gasteiger partial charge is 0.493 e. The molecule has 1 aromatic carbocycles. The zero-order valence-corrected chi connectivity index (χ0v) is 14.4. The first-order valence-electron chi connectivity index (χ1n) is 8.19. The van der Waals surface area contributed by atoms with E-state index in [9.17, 15) is 9.59 Å². The number of likely N-dealkylation sites (tertiary alicyclic amines) is 1. The highest BCUT2D eigenvalue weighted by atomic mass is 16.6. The highest BCUT2D eigenvalue weighted by Crippen LogP contribution is 2.21. The molecule has 0 radical (unpaired) electrons. The second-order valence-electron chi connectivity index (χ2n) is 7.08. The predicted molar refractivity (Wildman–Crippen MR) is 89.4 cm³/mol. The first-order valence-corrected chi connectivity index (χ1v) is 8.19. The van der Waals surface area contributed by atoms with E-state index < -0.39 is 11.6 Å². The summed E-state index contributed by atoms with van der Waals surface area (Å²) in [5.74, 6) is -0.238. The normalized spacial score (nSPS) is 18.1. The zero-order valence-electron chi connectivity index (χ0n) is 14.4. The van der Waals surface area contributed by atoms with Crippen LogP contribution < -0.4 is 4.74 Å². The molecule has 24 heavy (non-hydrogen) atoms. The maximum atomic E-state index is 12.2. The lowest BCUT2D eigenvalue weighted by Gasteiger charge is -2.34. The molecular formula is C18H25NO5. The molecule has 6 nitrogen and oxygen atoms in total. The van der Waals surface area contributed by atoms with Crippen LogP contribution in [0.4, 0.5) is 4.79 Å². The van der Waals surface area contributed by atoms with Gasteiger partial charge in [0, 0.05) is 19.0 Å². The Morgan fingerprint density at radius 2 is 2.08 bits per heavy atom. The Morgan fingerprint density at radius 1 is 1.33 bits per heavy atom. The summed E-state index contributed by atoms with van der Waals surface area (Å²) in [4.78, 5) is 24.8. The van der Waals surface area contributed by atoms with Gasteiger partial charge in [-0.3, -0.25) is 0 Å². The molecule has 0 unspecified atom stereocenters. The summed E-state index contributed by atoms with van der Waals surface area (Å²) >= 11 is 0. The van der Waals surface area contributed by atoms with E-state index in [1.807, 2.05) is 20.8 Å². The molecule has 0 spiro atoms. The van der Waals surface area contributed by atoms with E-state index in [4.69, 9.17) is 14.6 Å². The lowest BCUT2D eigenvalue weighted by atomic mass is 9.99. The number of amides is 1. The fourth-order valence-corrected chi connectivity index (χ4v) is 2.63. The molecule has 0 bridgehead atoms. The summed E-state index contributed by atoms with van der Waals surface area (Å²) in [5, 5.41) is 9.00. The maximum Gasteiger partial charge on any atom is 0.410 e. The Bertz CT molecular complexity index is 593. The summed E-state index contributed by atoms with van der Waals surface area (Å²) < 4.78 is 11.1. The van der Waals surface area contributed by atoms with Gasteiger partial charge in [-0.1, -0.05) is 6.07 Å². The number of hydrogen-bond acceptors (Lipinski definition) is 4. The van der Waals surface area contributed by atoms with Gasteiger partial charge in [0.1, 0.15) is 11.4 Å². The summed E-state index contributed by atoms with van der Waals surface area (Å²) in [5.41, 5.74) is -0.302. The molecule has 6 heteroatoms. The molecule has 1 saturated heterocycles. The van der Waals surface area contributed by atoms with Crippen molar-refractivity contribution in [1.29, 1.82) is 0 Å². The molecule has 1 amide bonds. The van der Waals surface area contributed by atoms with Crippen molar-refractivity contribution in [2.24, 2.45) is 5.92 Å². The van der Waals surface area contributed by atoms with Crippen LogP contribution in [0.2, 0.25) is 0 Å². The van der Waals surface area contributed by atoms with Crippen molar-refractivity contribution in [2.45, 2.75) is 39.2 Å². The second kappa shape index (κ2) is 7.55. The monoisotopic (exact) mass is 335 g/mol. The lowest BCUT2D eigenvalue weighted by Crippen LogP contribution is -2.44. The van der Waals surface area contributed by atoms with E-state index in [1.54, 1.807) is 17.0 Å². The van der Waals surface area contributed by atoms with Crippen molar-refractivity contribution in [1.82, 2.24) is 4.90 Å². The molecule has 132 valence electrons. The van der Waals surface area contributed by atoms with Crippen molar-refractivity contribution < 1.29 is 24.2 Å². The van der Waals surface area contributed by atoms with Crippen LogP contribution >= 0.6 is 0 Å². The van der Waals surface area contributed by atoms with Crippen LogP contribution in [0, 0.1) is 5.92 Å². The molecule has 1 aliphatic heterocycles. The fraction of sp³-hybridized carbons (Fsp3) is 0.556. The third-order valence-corrected chi connectivity index (χ3v) is 3.74. The maximum absolute atomic E-state index is 12.2. The number of benzene rings is 1. The minimum absolute atomic E-state index is 0.200. The van der Waals surface area contributed by atoms with E-state index in [2.05, 4.69) is 0 Å². The number of piperidine rings is 1. The molecule has 2 rings (SSSR count). The number of carboxylic acid groups (broad SMARTS) is 1. The van der Waals surface area contributed by atoms with Gasteiger partial charge in [0.15, 0.2) is 0 Å². The highest BCUT2D eigenvalue weighted by Gasteiger charge is 2.27. The summed E-state index contributed by atoms with van der Waals surface area (Å²) in [6.07, 6.45) is 1.58. The third-order valence-electron chi connectivity index (χ3n) is 3.74. The minimum atomic E-state index is -0.978. The minimum Gasteiger partial charge on any atom is -0.493 e. The number of nitrogens with zero attached hydrogens (tertiary/aromatic N) is 1. The van der Waals surface area contributed by atoms with Crippen LogP contribution in [-0.2, 0) is 4.74 Å². The van der Waals surface area contributed by atoms with Gasteiger partial charge in [0.2, 0.25) is 0 Å². The Morgan fingerprint density at radius 3 is 2.75 bits per heavy atom. The van der Waals surface area contributed by atoms with Gasteiger partial charge in [0.05, 0.1) is 12.2 Å². The van der Waals surface area contributed by atoms with Gasteiger partial charge in [-0.15, -0.1) is 0 Å². The second-order valence-corrected chi connectivity index (χ2v) is 7.08. The Hall–Kier alpha value is -2.24. The summed E-state index contributed by atoms with van der Waals surface area (Å²) in [6.45, 7) is 7.29. The standard InChI is InChI=1S/C18H25NO5/c1-18(2,3)24-17(22)19-9-5-6-13(11-19)12-23-15-8-4-7-14(10-15)16(20)21/h4,7-8,10,13H,5-6,9,11-12H2,1-3H3,(H,20,21)/t13-/m0/s1. The molecule has 0 saturated carbocycles. The molecule has 1 fully saturated rings. The van der Waals surface area contributed by atoms with Crippen LogP contribution in [0.5, 0.6) is 5.75 Å². The first-order chi connectivity index (χ1) is 11.2. The third kappa shape index (κ3) is 5.44. The highest BCUT2D eigenvalue weighted by molar-refractivity contribution is 5.88. The van der Waals surface area contributed by atoms with Gasteiger partial charge < -0.3 is 19.5 Å². The molecule has 1 aliphatic rings.